The van der Waals surface area contributed by atoms with Crippen LogP contribution in [-0.4, -0.2) is 50.6 Å². The highest BCUT2D eigenvalue weighted by molar-refractivity contribution is 7.91. The molecule has 2 rings (SSSR count). The van der Waals surface area contributed by atoms with Gasteiger partial charge in [-0.05, 0) is 56.5 Å². The van der Waals surface area contributed by atoms with Gasteiger partial charge in [0.1, 0.15) is 5.75 Å². The van der Waals surface area contributed by atoms with Crippen molar-refractivity contribution in [1.82, 2.24) is 4.90 Å². The lowest BCUT2D eigenvalue weighted by Crippen LogP contribution is -2.37. The molecule has 0 radical (unpaired) electrons. The average Bonchev–Trinajstić information content (AvgIpc) is 2.83. The van der Waals surface area contributed by atoms with E-state index in [0.29, 0.717) is 18.1 Å². The Bertz CT molecular complexity index is 598. The zero-order chi connectivity index (χ0) is 16.2. The molecule has 124 valence electrons. The summed E-state index contributed by atoms with van der Waals surface area (Å²) >= 11 is 0. The first-order valence-corrected chi connectivity index (χ1v) is 9.88. The lowest BCUT2D eigenvalue weighted by Gasteiger charge is -2.26. The Morgan fingerprint density at radius 2 is 2.05 bits per heavy atom. The molecule has 1 fully saturated rings. The molecule has 0 aliphatic carbocycles. The van der Waals surface area contributed by atoms with Crippen molar-refractivity contribution < 1.29 is 13.2 Å². The average molecular weight is 325 g/mol. The Kier molecular flexibility index (Phi) is 5.87. The van der Waals surface area contributed by atoms with E-state index in [4.69, 9.17) is 4.74 Å². The SMILES string of the molecule is CCN(CCCOc1ccc(C)c(C)c1)C1CCS(=O)(=O)C1. The number of ether oxygens (including phenoxy) is 1. The molecule has 1 atom stereocenters. The van der Waals surface area contributed by atoms with Gasteiger partial charge in [0.2, 0.25) is 0 Å². The quantitative estimate of drug-likeness (QED) is 0.723. The van der Waals surface area contributed by atoms with Gasteiger partial charge in [-0.1, -0.05) is 13.0 Å². The van der Waals surface area contributed by atoms with Crippen LogP contribution in [0.15, 0.2) is 18.2 Å². The van der Waals surface area contributed by atoms with Gasteiger partial charge in [-0.2, -0.15) is 0 Å². The van der Waals surface area contributed by atoms with Crippen molar-refractivity contribution >= 4 is 9.84 Å². The highest BCUT2D eigenvalue weighted by Crippen LogP contribution is 2.19. The number of aryl methyl sites for hydroxylation is 2. The molecule has 0 spiro atoms. The monoisotopic (exact) mass is 325 g/mol. The summed E-state index contributed by atoms with van der Waals surface area (Å²) < 4.78 is 29.0. The fraction of sp³-hybridized carbons (Fsp3) is 0.647. The van der Waals surface area contributed by atoms with Gasteiger partial charge in [0, 0.05) is 12.6 Å². The van der Waals surface area contributed by atoms with Gasteiger partial charge in [0.25, 0.3) is 0 Å². The van der Waals surface area contributed by atoms with Gasteiger partial charge in [-0.15, -0.1) is 0 Å². The van der Waals surface area contributed by atoms with Crippen molar-refractivity contribution in [3.63, 3.8) is 0 Å². The van der Waals surface area contributed by atoms with Crippen molar-refractivity contribution in [3.8, 4) is 5.75 Å². The maximum absolute atomic E-state index is 11.6. The first kappa shape index (κ1) is 17.3. The van der Waals surface area contributed by atoms with Gasteiger partial charge in [-0.3, -0.25) is 4.90 Å². The normalized spacial score (nSPS) is 20.5. The van der Waals surface area contributed by atoms with Crippen LogP contribution in [-0.2, 0) is 9.84 Å². The highest BCUT2D eigenvalue weighted by Gasteiger charge is 2.31. The minimum atomic E-state index is -2.81. The number of rotatable bonds is 7. The molecule has 0 bridgehead atoms. The second-order valence-electron chi connectivity index (χ2n) is 6.13. The maximum atomic E-state index is 11.6. The first-order valence-electron chi connectivity index (χ1n) is 8.06. The molecule has 1 aromatic rings. The molecule has 1 heterocycles. The zero-order valence-electron chi connectivity index (χ0n) is 13.8. The molecule has 22 heavy (non-hydrogen) atoms. The third-order valence-electron chi connectivity index (χ3n) is 4.47. The molecule has 4 nitrogen and oxygen atoms in total. The second kappa shape index (κ2) is 7.47. The number of benzene rings is 1. The van der Waals surface area contributed by atoms with Crippen LogP contribution in [0.25, 0.3) is 0 Å². The summed E-state index contributed by atoms with van der Waals surface area (Å²) in [5.74, 6) is 1.57. The van der Waals surface area contributed by atoms with Crippen LogP contribution >= 0.6 is 0 Å². The smallest absolute Gasteiger partial charge is 0.151 e. The molecular formula is C17H27NO3S. The van der Waals surface area contributed by atoms with Crippen LogP contribution < -0.4 is 4.74 Å². The molecular weight excluding hydrogens is 298 g/mol. The van der Waals surface area contributed by atoms with E-state index in [1.165, 1.54) is 11.1 Å². The molecule has 0 aromatic heterocycles. The largest absolute Gasteiger partial charge is 0.494 e. The lowest BCUT2D eigenvalue weighted by atomic mass is 10.1. The summed E-state index contributed by atoms with van der Waals surface area (Å²) in [4.78, 5) is 2.27. The van der Waals surface area contributed by atoms with Gasteiger partial charge in [0.05, 0.1) is 18.1 Å². The summed E-state index contributed by atoms with van der Waals surface area (Å²) in [6.07, 6.45) is 1.69. The van der Waals surface area contributed by atoms with E-state index in [-0.39, 0.29) is 6.04 Å². The molecule has 1 saturated heterocycles. The summed E-state index contributed by atoms with van der Waals surface area (Å²) in [5, 5.41) is 0. The molecule has 1 unspecified atom stereocenters. The van der Waals surface area contributed by atoms with E-state index in [9.17, 15) is 8.42 Å². The van der Waals surface area contributed by atoms with Crippen molar-refractivity contribution in [1.29, 1.82) is 0 Å². The highest BCUT2D eigenvalue weighted by atomic mass is 32.2. The van der Waals surface area contributed by atoms with E-state index in [2.05, 4.69) is 37.8 Å². The molecule has 1 aliphatic heterocycles. The van der Waals surface area contributed by atoms with Gasteiger partial charge >= 0.3 is 0 Å². The van der Waals surface area contributed by atoms with Gasteiger partial charge < -0.3 is 4.74 Å². The van der Waals surface area contributed by atoms with E-state index < -0.39 is 9.84 Å². The third-order valence-corrected chi connectivity index (χ3v) is 6.22. The van der Waals surface area contributed by atoms with Crippen LogP contribution in [0, 0.1) is 13.8 Å². The molecule has 1 aliphatic rings. The van der Waals surface area contributed by atoms with E-state index in [0.717, 1.165) is 31.7 Å². The Hall–Kier alpha value is -1.07. The first-order chi connectivity index (χ1) is 10.4. The topological polar surface area (TPSA) is 46.6 Å². The number of hydrogen-bond acceptors (Lipinski definition) is 4. The number of sulfone groups is 1. The second-order valence-corrected chi connectivity index (χ2v) is 8.36. The molecule has 5 heteroatoms. The Labute approximate surface area is 134 Å². The minimum absolute atomic E-state index is 0.191. The zero-order valence-corrected chi connectivity index (χ0v) is 14.7. The van der Waals surface area contributed by atoms with Crippen LogP contribution in [0.5, 0.6) is 5.75 Å². The summed E-state index contributed by atoms with van der Waals surface area (Å²) in [7, 11) is -2.81. The number of nitrogens with zero attached hydrogens (tertiary/aromatic N) is 1. The lowest BCUT2D eigenvalue weighted by molar-refractivity contribution is 0.199. The maximum Gasteiger partial charge on any atom is 0.151 e. The summed E-state index contributed by atoms with van der Waals surface area (Å²) in [6.45, 7) is 8.72. The fourth-order valence-electron chi connectivity index (χ4n) is 2.92. The van der Waals surface area contributed by atoms with E-state index in [1.54, 1.807) is 0 Å². The molecule has 0 N–H and O–H groups in total. The van der Waals surface area contributed by atoms with E-state index >= 15 is 0 Å². The standard InChI is InChI=1S/C17H27NO3S/c1-4-18(16-8-11-22(19,20)13-16)9-5-10-21-17-7-6-14(2)15(3)12-17/h6-7,12,16H,4-5,8-11,13H2,1-3H3. The van der Waals surface area contributed by atoms with E-state index in [1.807, 2.05) is 6.07 Å². The summed E-state index contributed by atoms with van der Waals surface area (Å²) in [6, 6.07) is 6.34. The van der Waals surface area contributed by atoms with Gasteiger partial charge in [-0.25, -0.2) is 8.42 Å². The Morgan fingerprint density at radius 3 is 2.64 bits per heavy atom. The predicted octanol–water partition coefficient (Wildman–Crippen LogP) is 2.58. The molecule has 1 aromatic carbocycles. The van der Waals surface area contributed by atoms with Crippen LogP contribution in [0.1, 0.15) is 30.9 Å². The third kappa shape index (κ3) is 4.71. The predicted molar refractivity (Wildman–Crippen MR) is 90.3 cm³/mol. The minimum Gasteiger partial charge on any atom is -0.494 e. The van der Waals surface area contributed by atoms with Crippen LogP contribution in [0.2, 0.25) is 0 Å². The van der Waals surface area contributed by atoms with Gasteiger partial charge in [0.15, 0.2) is 9.84 Å². The van der Waals surface area contributed by atoms with Crippen LogP contribution in [0.4, 0.5) is 0 Å². The van der Waals surface area contributed by atoms with Crippen molar-refractivity contribution in [3.05, 3.63) is 29.3 Å². The molecule has 0 saturated carbocycles. The summed E-state index contributed by atoms with van der Waals surface area (Å²) in [5.41, 5.74) is 2.51. The van der Waals surface area contributed by atoms with Crippen molar-refractivity contribution in [2.24, 2.45) is 0 Å². The number of hydrogen-bond donors (Lipinski definition) is 0. The van der Waals surface area contributed by atoms with Crippen molar-refractivity contribution in [2.45, 2.75) is 39.7 Å². The Morgan fingerprint density at radius 1 is 1.27 bits per heavy atom. The molecule has 0 amide bonds. The van der Waals surface area contributed by atoms with Crippen LogP contribution in [0.3, 0.4) is 0 Å². The Balaban J connectivity index is 1.76. The fourth-order valence-corrected chi connectivity index (χ4v) is 4.69. The van der Waals surface area contributed by atoms with Crippen molar-refractivity contribution in [2.75, 3.05) is 31.2 Å².